The van der Waals surface area contributed by atoms with E-state index in [0.717, 1.165) is 0 Å². The lowest BCUT2D eigenvalue weighted by Gasteiger charge is -2.25. The summed E-state index contributed by atoms with van der Waals surface area (Å²) < 4.78 is 0. The molecule has 3 amide bonds. The minimum Gasteiger partial charge on any atom is -0.480 e. The molecule has 0 bridgehead atoms. The SMILES string of the molecule is CC(O)C(NC(=O)C(N)CO)C(=O)NC(Cc1ccccc1)C(=O)NCC(=O)O. The number of amides is 3. The van der Waals surface area contributed by atoms with Gasteiger partial charge in [-0.1, -0.05) is 30.3 Å². The van der Waals surface area contributed by atoms with E-state index in [9.17, 15) is 24.3 Å². The standard InChI is InChI=1S/C18H26N4O7/c1-10(24)15(22-16(27)12(19)9-23)18(29)21-13(17(28)20-8-14(25)26)7-11-5-3-2-4-6-11/h2-6,10,12-13,15,23-24H,7-9,19H2,1H3,(H,20,28)(H,21,29)(H,22,27)(H,25,26). The lowest BCUT2D eigenvalue weighted by molar-refractivity contribution is -0.138. The van der Waals surface area contributed by atoms with Crippen LogP contribution in [-0.2, 0) is 25.6 Å². The third-order valence-corrected chi connectivity index (χ3v) is 3.93. The molecule has 0 radical (unpaired) electrons. The second-order valence-corrected chi connectivity index (χ2v) is 6.38. The largest absolute Gasteiger partial charge is 0.480 e. The molecule has 1 rings (SSSR count). The van der Waals surface area contributed by atoms with Crippen LogP contribution in [0, 0.1) is 0 Å². The molecule has 11 nitrogen and oxygen atoms in total. The lowest BCUT2D eigenvalue weighted by Crippen LogP contribution is -2.59. The van der Waals surface area contributed by atoms with Crippen LogP contribution in [0.5, 0.6) is 0 Å². The fraction of sp³-hybridized carbons (Fsp3) is 0.444. The molecule has 0 aliphatic rings. The van der Waals surface area contributed by atoms with Crippen LogP contribution in [0.25, 0.3) is 0 Å². The highest BCUT2D eigenvalue weighted by Crippen LogP contribution is 2.05. The van der Waals surface area contributed by atoms with Gasteiger partial charge in [-0.25, -0.2) is 0 Å². The molecule has 1 aromatic rings. The van der Waals surface area contributed by atoms with Gasteiger partial charge in [0.25, 0.3) is 0 Å². The van der Waals surface area contributed by atoms with Gasteiger partial charge in [-0.3, -0.25) is 19.2 Å². The maximum absolute atomic E-state index is 12.6. The number of hydrogen-bond donors (Lipinski definition) is 7. The van der Waals surface area contributed by atoms with Gasteiger partial charge >= 0.3 is 5.97 Å². The van der Waals surface area contributed by atoms with Gasteiger partial charge in [-0.05, 0) is 12.5 Å². The summed E-state index contributed by atoms with van der Waals surface area (Å²) in [5, 5.41) is 34.3. The quantitative estimate of drug-likeness (QED) is 0.202. The first-order valence-corrected chi connectivity index (χ1v) is 8.84. The Bertz CT molecular complexity index is 711. The third kappa shape index (κ3) is 8.25. The minimum absolute atomic E-state index is 0.0503. The van der Waals surface area contributed by atoms with E-state index in [1.165, 1.54) is 6.92 Å². The highest BCUT2D eigenvalue weighted by Gasteiger charge is 2.31. The molecule has 0 saturated carbocycles. The van der Waals surface area contributed by atoms with Crippen LogP contribution < -0.4 is 21.7 Å². The average Bonchev–Trinajstić information content (AvgIpc) is 2.69. The van der Waals surface area contributed by atoms with Crippen molar-refractivity contribution < 1.29 is 34.5 Å². The Morgan fingerprint density at radius 3 is 2.17 bits per heavy atom. The van der Waals surface area contributed by atoms with Gasteiger partial charge in [0.2, 0.25) is 17.7 Å². The molecule has 0 aliphatic heterocycles. The van der Waals surface area contributed by atoms with Gasteiger partial charge < -0.3 is 37.0 Å². The highest BCUT2D eigenvalue weighted by atomic mass is 16.4. The number of carbonyl (C=O) groups is 4. The van der Waals surface area contributed by atoms with Crippen LogP contribution >= 0.6 is 0 Å². The molecule has 0 spiro atoms. The summed E-state index contributed by atoms with van der Waals surface area (Å²) >= 11 is 0. The molecular weight excluding hydrogens is 384 g/mol. The molecule has 160 valence electrons. The molecule has 0 aliphatic carbocycles. The Hall–Kier alpha value is -3.02. The molecule has 0 saturated heterocycles. The molecule has 4 unspecified atom stereocenters. The van der Waals surface area contributed by atoms with Crippen molar-refractivity contribution in [1.29, 1.82) is 0 Å². The monoisotopic (exact) mass is 410 g/mol. The summed E-state index contributed by atoms with van der Waals surface area (Å²) in [6.07, 6.45) is -1.28. The summed E-state index contributed by atoms with van der Waals surface area (Å²) in [6, 6.07) is 4.79. The highest BCUT2D eigenvalue weighted by molar-refractivity contribution is 5.94. The zero-order chi connectivity index (χ0) is 22.0. The maximum atomic E-state index is 12.6. The van der Waals surface area contributed by atoms with Crippen molar-refractivity contribution >= 4 is 23.7 Å². The topological polar surface area (TPSA) is 191 Å². The van der Waals surface area contributed by atoms with Crippen LogP contribution in [-0.4, -0.2) is 76.4 Å². The summed E-state index contributed by atoms with van der Waals surface area (Å²) in [5.74, 6) is -3.73. The first kappa shape index (κ1) is 24.0. The van der Waals surface area contributed by atoms with Crippen LogP contribution in [0.2, 0.25) is 0 Å². The van der Waals surface area contributed by atoms with Gasteiger partial charge in [0.05, 0.1) is 12.7 Å². The number of aliphatic hydroxyl groups excluding tert-OH is 2. The molecular formula is C18H26N4O7. The van der Waals surface area contributed by atoms with Crippen LogP contribution in [0.3, 0.4) is 0 Å². The van der Waals surface area contributed by atoms with E-state index < -0.39 is 61.1 Å². The van der Waals surface area contributed by atoms with E-state index in [-0.39, 0.29) is 6.42 Å². The predicted molar refractivity (Wildman–Crippen MR) is 101 cm³/mol. The second-order valence-electron chi connectivity index (χ2n) is 6.38. The van der Waals surface area contributed by atoms with Gasteiger partial charge in [-0.15, -0.1) is 0 Å². The number of carbonyl (C=O) groups excluding carboxylic acids is 3. The van der Waals surface area contributed by atoms with Crippen LogP contribution in [0.4, 0.5) is 0 Å². The van der Waals surface area contributed by atoms with Crippen molar-refractivity contribution in [3.8, 4) is 0 Å². The van der Waals surface area contributed by atoms with Gasteiger partial charge in [0.15, 0.2) is 0 Å². The summed E-state index contributed by atoms with van der Waals surface area (Å²) in [7, 11) is 0. The Balaban J connectivity index is 2.95. The number of benzene rings is 1. The number of carboxylic acids is 1. The van der Waals surface area contributed by atoms with Crippen LogP contribution in [0.15, 0.2) is 30.3 Å². The van der Waals surface area contributed by atoms with Crippen molar-refractivity contribution in [1.82, 2.24) is 16.0 Å². The van der Waals surface area contributed by atoms with Crippen molar-refractivity contribution in [3.63, 3.8) is 0 Å². The molecule has 0 aromatic heterocycles. The first-order valence-electron chi connectivity index (χ1n) is 8.84. The average molecular weight is 410 g/mol. The van der Waals surface area contributed by atoms with E-state index >= 15 is 0 Å². The van der Waals surface area contributed by atoms with Gasteiger partial charge in [0.1, 0.15) is 24.7 Å². The number of nitrogens with one attached hydrogen (secondary N) is 3. The molecule has 1 aromatic carbocycles. The molecule has 11 heteroatoms. The van der Waals surface area contributed by atoms with Crippen molar-refractivity contribution in [2.75, 3.05) is 13.2 Å². The van der Waals surface area contributed by atoms with Crippen molar-refractivity contribution in [2.45, 2.75) is 37.6 Å². The summed E-state index contributed by atoms with van der Waals surface area (Å²) in [5.41, 5.74) is 6.09. The fourth-order valence-electron chi connectivity index (χ4n) is 2.35. The molecule has 29 heavy (non-hydrogen) atoms. The zero-order valence-electron chi connectivity index (χ0n) is 15.9. The Kier molecular flexibility index (Phi) is 9.72. The molecule has 0 heterocycles. The van der Waals surface area contributed by atoms with Gasteiger partial charge in [0, 0.05) is 6.42 Å². The molecule has 4 atom stereocenters. The van der Waals surface area contributed by atoms with Gasteiger partial charge in [-0.2, -0.15) is 0 Å². The lowest BCUT2D eigenvalue weighted by atomic mass is 10.0. The first-order chi connectivity index (χ1) is 13.6. The van der Waals surface area contributed by atoms with Crippen molar-refractivity contribution in [2.24, 2.45) is 5.73 Å². The number of aliphatic carboxylic acids is 1. The van der Waals surface area contributed by atoms with E-state index in [0.29, 0.717) is 5.56 Å². The number of carboxylic acid groups (broad SMARTS) is 1. The zero-order valence-corrected chi connectivity index (χ0v) is 15.9. The van der Waals surface area contributed by atoms with E-state index in [1.807, 2.05) is 0 Å². The summed E-state index contributed by atoms with van der Waals surface area (Å²) in [4.78, 5) is 47.5. The number of rotatable bonds is 11. The summed E-state index contributed by atoms with van der Waals surface area (Å²) in [6.45, 7) is -0.0399. The number of aliphatic hydroxyl groups is 2. The fourth-order valence-corrected chi connectivity index (χ4v) is 2.35. The predicted octanol–water partition coefficient (Wildman–Crippen LogP) is -2.90. The minimum atomic E-state index is -1.44. The maximum Gasteiger partial charge on any atom is 0.322 e. The van der Waals surface area contributed by atoms with Crippen molar-refractivity contribution in [3.05, 3.63) is 35.9 Å². The second kappa shape index (κ2) is 11.7. The smallest absolute Gasteiger partial charge is 0.322 e. The molecule has 0 fully saturated rings. The number of hydrogen-bond acceptors (Lipinski definition) is 7. The normalized spacial score (nSPS) is 14.8. The van der Waals surface area contributed by atoms with E-state index in [4.69, 9.17) is 15.9 Å². The Labute approximate surface area is 167 Å². The van der Waals surface area contributed by atoms with Crippen LogP contribution in [0.1, 0.15) is 12.5 Å². The number of nitrogens with two attached hydrogens (primary N) is 1. The third-order valence-electron chi connectivity index (χ3n) is 3.93. The molecule has 8 N–H and O–H groups in total. The van der Waals surface area contributed by atoms with E-state index in [2.05, 4.69) is 16.0 Å². The Morgan fingerprint density at radius 2 is 1.66 bits per heavy atom. The Morgan fingerprint density at radius 1 is 1.03 bits per heavy atom. The van der Waals surface area contributed by atoms with E-state index in [1.54, 1.807) is 30.3 Å².